The van der Waals surface area contributed by atoms with Gasteiger partial charge in [0.1, 0.15) is 5.65 Å². The van der Waals surface area contributed by atoms with E-state index in [9.17, 15) is 9.59 Å². The Kier molecular flexibility index (Phi) is 4.47. The molecule has 0 saturated carbocycles. The molecule has 0 fully saturated rings. The van der Waals surface area contributed by atoms with Gasteiger partial charge in [-0.05, 0) is 18.2 Å². The van der Waals surface area contributed by atoms with Crippen molar-refractivity contribution in [1.29, 1.82) is 0 Å². The molecule has 0 radical (unpaired) electrons. The van der Waals surface area contributed by atoms with Gasteiger partial charge in [-0.25, -0.2) is 4.98 Å². The minimum absolute atomic E-state index is 0.130. The number of rotatable bonds is 5. The second-order valence-electron chi connectivity index (χ2n) is 5.81. The second kappa shape index (κ2) is 7.08. The molecule has 0 aliphatic heterocycles. The van der Waals surface area contributed by atoms with Crippen molar-refractivity contribution in [1.82, 2.24) is 30.2 Å². The number of carbonyl (C=O) groups is 2. The summed E-state index contributed by atoms with van der Waals surface area (Å²) in [5.74, 6) is -0.673. The summed E-state index contributed by atoms with van der Waals surface area (Å²) in [4.78, 5) is 28.8. The zero-order valence-corrected chi connectivity index (χ0v) is 14.8. The van der Waals surface area contributed by atoms with E-state index in [1.807, 2.05) is 30.3 Å². The van der Waals surface area contributed by atoms with Crippen LogP contribution in [0.2, 0.25) is 5.15 Å². The summed E-state index contributed by atoms with van der Waals surface area (Å²) in [6.45, 7) is 0.490. The maximum Gasteiger partial charge on any atom is 0.272 e. The number of imidazole rings is 1. The van der Waals surface area contributed by atoms with Gasteiger partial charge in [-0.15, -0.1) is 0 Å². The Morgan fingerprint density at radius 3 is 2.63 bits per heavy atom. The summed E-state index contributed by atoms with van der Waals surface area (Å²) < 4.78 is 1.62. The van der Waals surface area contributed by atoms with Crippen LogP contribution in [0, 0.1) is 0 Å². The van der Waals surface area contributed by atoms with Crippen molar-refractivity contribution in [3.05, 3.63) is 65.2 Å². The molecule has 27 heavy (non-hydrogen) atoms. The van der Waals surface area contributed by atoms with Crippen LogP contribution in [0.25, 0.3) is 16.6 Å². The fraction of sp³-hybridized carbons (Fsp3) is 0.111. The van der Waals surface area contributed by atoms with E-state index >= 15 is 0 Å². The number of nitrogens with one attached hydrogen (secondary N) is 3. The van der Waals surface area contributed by atoms with Crippen LogP contribution >= 0.6 is 11.6 Å². The molecule has 8 nitrogen and oxygen atoms in total. The van der Waals surface area contributed by atoms with Gasteiger partial charge in [-0.1, -0.05) is 35.9 Å². The number of nitrogens with zero attached hydrogens (tertiary/aromatic N) is 3. The van der Waals surface area contributed by atoms with Crippen LogP contribution in [0.1, 0.15) is 21.0 Å². The molecule has 1 aromatic carbocycles. The topological polar surface area (TPSA) is 104 Å². The summed E-state index contributed by atoms with van der Waals surface area (Å²) in [5, 5.41) is 13.2. The Bertz CT molecular complexity index is 1150. The van der Waals surface area contributed by atoms with Gasteiger partial charge in [-0.2, -0.15) is 5.10 Å². The highest BCUT2D eigenvalue weighted by Crippen LogP contribution is 2.17. The monoisotopic (exact) mass is 382 g/mol. The molecule has 4 aromatic rings. The van der Waals surface area contributed by atoms with Crippen molar-refractivity contribution in [2.24, 2.45) is 0 Å². The minimum atomic E-state index is -0.363. The van der Waals surface area contributed by atoms with Crippen LogP contribution in [0.5, 0.6) is 0 Å². The molecule has 3 N–H and O–H groups in total. The van der Waals surface area contributed by atoms with E-state index in [0.717, 1.165) is 10.9 Å². The van der Waals surface area contributed by atoms with Gasteiger partial charge < -0.3 is 10.6 Å². The number of amides is 2. The Hall–Kier alpha value is -3.39. The predicted molar refractivity (Wildman–Crippen MR) is 101 cm³/mol. The maximum absolute atomic E-state index is 12.4. The standard InChI is InChI=1S/C18H15ClN6O2/c19-16-15(25-10-4-3-7-13(25)22-16)18(27)21-9-8-20-17(26)14-11-5-1-2-6-12(11)23-24-14/h1-7,10H,8-9H2,(H,20,26)(H,21,27)(H,23,24). The first kappa shape index (κ1) is 17.0. The predicted octanol–water partition coefficient (Wildman–Crippen LogP) is 2.02. The second-order valence-corrected chi connectivity index (χ2v) is 6.17. The molecular weight excluding hydrogens is 368 g/mol. The lowest BCUT2D eigenvalue weighted by atomic mass is 10.2. The molecule has 0 bridgehead atoms. The van der Waals surface area contributed by atoms with Crippen molar-refractivity contribution in [2.45, 2.75) is 0 Å². The van der Waals surface area contributed by atoms with Gasteiger partial charge in [0.25, 0.3) is 11.8 Å². The SMILES string of the molecule is O=C(NCCNC(=O)c1c(Cl)nc2ccccn12)c1n[nH]c2ccccc12. The molecule has 0 atom stereocenters. The molecule has 0 saturated heterocycles. The zero-order valence-electron chi connectivity index (χ0n) is 14.1. The smallest absolute Gasteiger partial charge is 0.272 e. The first-order valence-electron chi connectivity index (χ1n) is 8.27. The quantitative estimate of drug-likeness (QED) is 0.459. The summed E-state index contributed by atoms with van der Waals surface area (Å²) in [7, 11) is 0. The number of benzene rings is 1. The lowest BCUT2D eigenvalue weighted by molar-refractivity contribution is 0.0923. The van der Waals surface area contributed by atoms with E-state index < -0.39 is 0 Å². The third-order valence-electron chi connectivity index (χ3n) is 4.08. The minimum Gasteiger partial charge on any atom is -0.349 e. The number of hydrogen-bond donors (Lipinski definition) is 3. The highest BCUT2D eigenvalue weighted by atomic mass is 35.5. The Morgan fingerprint density at radius 2 is 1.78 bits per heavy atom. The van der Waals surface area contributed by atoms with Gasteiger partial charge in [0.05, 0.1) is 5.52 Å². The van der Waals surface area contributed by atoms with Crippen molar-refractivity contribution >= 4 is 40.0 Å². The molecule has 9 heteroatoms. The highest BCUT2D eigenvalue weighted by Gasteiger charge is 2.18. The van der Waals surface area contributed by atoms with Gasteiger partial charge in [-0.3, -0.25) is 19.1 Å². The third-order valence-corrected chi connectivity index (χ3v) is 4.35. The van der Waals surface area contributed by atoms with Crippen LogP contribution in [0.3, 0.4) is 0 Å². The lowest BCUT2D eigenvalue weighted by Gasteiger charge is -2.06. The largest absolute Gasteiger partial charge is 0.349 e. The van der Waals surface area contributed by atoms with Crippen molar-refractivity contribution in [2.75, 3.05) is 13.1 Å². The van der Waals surface area contributed by atoms with Crippen molar-refractivity contribution in [3.63, 3.8) is 0 Å². The average molecular weight is 383 g/mol. The summed E-state index contributed by atoms with van der Waals surface area (Å²) in [6, 6.07) is 12.7. The molecule has 3 heterocycles. The van der Waals surface area contributed by atoms with E-state index in [-0.39, 0.29) is 35.8 Å². The van der Waals surface area contributed by atoms with Crippen LogP contribution in [0.15, 0.2) is 48.7 Å². The summed E-state index contributed by atoms with van der Waals surface area (Å²) in [5.41, 5.74) is 1.96. The Labute approximate surface area is 158 Å². The molecule has 0 aliphatic carbocycles. The third kappa shape index (κ3) is 3.22. The lowest BCUT2D eigenvalue weighted by Crippen LogP contribution is -2.35. The first-order chi connectivity index (χ1) is 13.1. The number of aromatic amines is 1. The molecule has 2 amide bonds. The van der Waals surface area contributed by atoms with E-state index in [2.05, 4.69) is 25.8 Å². The molecule has 0 unspecified atom stereocenters. The van der Waals surface area contributed by atoms with Crippen molar-refractivity contribution in [3.8, 4) is 0 Å². The van der Waals surface area contributed by atoms with Crippen LogP contribution in [-0.2, 0) is 0 Å². The first-order valence-corrected chi connectivity index (χ1v) is 8.65. The molecule has 136 valence electrons. The number of fused-ring (bicyclic) bond motifs is 2. The van der Waals surface area contributed by atoms with Gasteiger partial charge in [0.2, 0.25) is 0 Å². The number of para-hydroxylation sites is 1. The van der Waals surface area contributed by atoms with Crippen LogP contribution in [-0.4, -0.2) is 44.5 Å². The van der Waals surface area contributed by atoms with Gasteiger partial charge in [0.15, 0.2) is 16.5 Å². The van der Waals surface area contributed by atoms with Crippen LogP contribution in [0.4, 0.5) is 0 Å². The normalized spacial score (nSPS) is 11.0. The number of halogens is 1. The van der Waals surface area contributed by atoms with Gasteiger partial charge >= 0.3 is 0 Å². The van der Waals surface area contributed by atoms with E-state index in [4.69, 9.17) is 11.6 Å². The number of H-pyrrole nitrogens is 1. The molecule has 0 spiro atoms. The number of hydrogen-bond acceptors (Lipinski definition) is 4. The Morgan fingerprint density at radius 1 is 1.04 bits per heavy atom. The molecular formula is C18H15ClN6O2. The van der Waals surface area contributed by atoms with E-state index in [1.54, 1.807) is 22.7 Å². The van der Waals surface area contributed by atoms with E-state index in [0.29, 0.717) is 11.3 Å². The molecule has 0 aliphatic rings. The highest BCUT2D eigenvalue weighted by molar-refractivity contribution is 6.32. The average Bonchev–Trinajstić information content (AvgIpc) is 3.25. The fourth-order valence-corrected chi connectivity index (χ4v) is 3.09. The van der Waals surface area contributed by atoms with Gasteiger partial charge in [0, 0.05) is 24.7 Å². The number of aromatic nitrogens is 4. The Balaban J connectivity index is 1.36. The van der Waals surface area contributed by atoms with E-state index in [1.165, 1.54) is 0 Å². The number of pyridine rings is 1. The maximum atomic E-state index is 12.4. The van der Waals surface area contributed by atoms with Crippen molar-refractivity contribution < 1.29 is 9.59 Å². The zero-order chi connectivity index (χ0) is 18.8. The summed E-state index contributed by atoms with van der Waals surface area (Å²) in [6.07, 6.45) is 1.72. The van der Waals surface area contributed by atoms with Crippen LogP contribution < -0.4 is 10.6 Å². The molecule has 4 rings (SSSR count). The molecule has 3 aromatic heterocycles. The summed E-state index contributed by atoms with van der Waals surface area (Å²) >= 11 is 6.07. The fourth-order valence-electron chi connectivity index (χ4n) is 2.83. The number of carbonyl (C=O) groups excluding carboxylic acids is 2.